The van der Waals surface area contributed by atoms with Crippen molar-refractivity contribution in [3.05, 3.63) is 64.8 Å². The second-order valence-corrected chi connectivity index (χ2v) is 5.50. The van der Waals surface area contributed by atoms with Gasteiger partial charge in [0.15, 0.2) is 5.78 Å². The Morgan fingerprint density at radius 2 is 1.81 bits per heavy atom. The van der Waals surface area contributed by atoms with E-state index < -0.39 is 40.5 Å². The number of aliphatic imine (C=N–C) groups is 1. The third kappa shape index (κ3) is 5.68. The Morgan fingerprint density at radius 1 is 1.19 bits per heavy atom. The molecule has 1 rings (SSSR count). The van der Waals surface area contributed by atoms with E-state index in [1.807, 2.05) is 0 Å². The first-order chi connectivity index (χ1) is 12.0. The van der Waals surface area contributed by atoms with Gasteiger partial charge < -0.3 is 5.11 Å². The summed E-state index contributed by atoms with van der Waals surface area (Å²) in [4.78, 5) is 15.1. The molecule has 0 saturated heterocycles. The average molecular weight is 369 g/mol. The number of Topliss-reactive ketones (excluding diaryl/α,β-unsaturated/α-hetero) is 1. The van der Waals surface area contributed by atoms with Crippen molar-refractivity contribution in [1.82, 2.24) is 0 Å². The molecule has 0 aliphatic carbocycles. The molecule has 26 heavy (non-hydrogen) atoms. The number of hydrogen-bond acceptors (Lipinski definition) is 3. The van der Waals surface area contributed by atoms with Crippen LogP contribution in [-0.4, -0.2) is 22.8 Å². The van der Waals surface area contributed by atoms with Gasteiger partial charge in [0.25, 0.3) is 0 Å². The van der Waals surface area contributed by atoms with Gasteiger partial charge >= 0.3 is 6.18 Å². The van der Waals surface area contributed by atoms with Crippen LogP contribution >= 0.6 is 0 Å². The molecule has 0 aliphatic heterocycles. The Bertz CT molecular complexity index is 811. The van der Waals surface area contributed by atoms with Gasteiger partial charge in [0.2, 0.25) is 0 Å². The Hall–Kier alpha value is -2.70. The van der Waals surface area contributed by atoms with Crippen molar-refractivity contribution >= 4 is 17.1 Å². The number of nitrogens with zero attached hydrogens (tertiary/aromatic N) is 1. The number of carbonyl (C=O) groups excluding carboxylic acids is 1. The van der Waals surface area contributed by atoms with Crippen LogP contribution in [0.4, 0.5) is 17.6 Å². The van der Waals surface area contributed by atoms with Crippen molar-refractivity contribution in [1.29, 1.82) is 0 Å². The summed E-state index contributed by atoms with van der Waals surface area (Å²) in [5, 5.41) is 9.45. The minimum Gasteiger partial charge on any atom is -0.510 e. The lowest BCUT2D eigenvalue weighted by molar-refractivity contribution is -0.113. The summed E-state index contributed by atoms with van der Waals surface area (Å²) in [6.45, 7) is 4.86. The molecule has 140 valence electrons. The fourth-order valence-electron chi connectivity index (χ4n) is 2.19. The lowest BCUT2D eigenvalue weighted by atomic mass is 10.0. The smallest absolute Gasteiger partial charge is 0.418 e. The summed E-state index contributed by atoms with van der Waals surface area (Å²) >= 11 is 0. The molecule has 0 unspecified atom stereocenters. The molecule has 0 aliphatic rings. The van der Waals surface area contributed by atoms with E-state index in [-0.39, 0.29) is 11.1 Å². The zero-order valence-electron chi connectivity index (χ0n) is 14.8. The van der Waals surface area contributed by atoms with Gasteiger partial charge in [-0.25, -0.2) is 9.38 Å². The fourth-order valence-corrected chi connectivity index (χ4v) is 2.19. The lowest BCUT2D eigenvalue weighted by Gasteiger charge is -2.14. The Balaban J connectivity index is 3.53. The molecule has 0 spiro atoms. The molecule has 0 atom stereocenters. The first-order valence-electron chi connectivity index (χ1n) is 7.65. The summed E-state index contributed by atoms with van der Waals surface area (Å²) in [7, 11) is 0. The first-order valence-corrected chi connectivity index (χ1v) is 7.65. The predicted molar refractivity (Wildman–Crippen MR) is 93.3 cm³/mol. The van der Waals surface area contributed by atoms with Gasteiger partial charge in [0.1, 0.15) is 17.3 Å². The lowest BCUT2D eigenvalue weighted by Crippen LogP contribution is -2.19. The highest BCUT2D eigenvalue weighted by molar-refractivity contribution is 6.05. The van der Waals surface area contributed by atoms with Crippen LogP contribution in [0.2, 0.25) is 0 Å². The number of alkyl halides is 3. The molecule has 0 fully saturated rings. The average Bonchev–Trinajstić information content (AvgIpc) is 2.51. The highest BCUT2D eigenvalue weighted by Crippen LogP contribution is 2.31. The third-order valence-corrected chi connectivity index (χ3v) is 3.42. The first kappa shape index (κ1) is 21.3. The molecular formula is C19H19F4NO2. The van der Waals surface area contributed by atoms with Gasteiger partial charge in [-0.05, 0) is 50.1 Å². The van der Waals surface area contributed by atoms with Crippen molar-refractivity contribution in [2.75, 3.05) is 0 Å². The number of allylic oxidation sites excluding steroid dienone is 6. The maximum Gasteiger partial charge on any atom is 0.418 e. The SMILES string of the molecule is C\C=C(/C=C(\C(C)=N\C(C(C)=O)=C(/C)O)C(F)(F)F)c1cccc(F)c1. The van der Waals surface area contributed by atoms with E-state index in [1.165, 1.54) is 31.2 Å². The van der Waals surface area contributed by atoms with E-state index in [0.29, 0.717) is 0 Å². The Kier molecular flexibility index (Phi) is 7.06. The summed E-state index contributed by atoms with van der Waals surface area (Å²) in [5.41, 5.74) is -1.64. The van der Waals surface area contributed by atoms with Crippen LogP contribution in [0.5, 0.6) is 0 Å². The van der Waals surface area contributed by atoms with Crippen molar-refractivity contribution in [2.24, 2.45) is 4.99 Å². The fraction of sp³-hybridized carbons (Fsp3) is 0.263. The van der Waals surface area contributed by atoms with Gasteiger partial charge in [0.05, 0.1) is 11.3 Å². The van der Waals surface area contributed by atoms with E-state index in [9.17, 15) is 27.5 Å². The van der Waals surface area contributed by atoms with Gasteiger partial charge in [-0.15, -0.1) is 0 Å². The second kappa shape index (κ2) is 8.60. The molecule has 3 nitrogen and oxygen atoms in total. The monoisotopic (exact) mass is 369 g/mol. The topological polar surface area (TPSA) is 49.7 Å². The van der Waals surface area contributed by atoms with Gasteiger partial charge in [-0.2, -0.15) is 13.2 Å². The standard InChI is InChI=1S/C19H19F4NO2/c1-5-14(15-7-6-8-16(20)9-15)10-17(19(21,22)23)11(2)24-18(12(3)25)13(4)26/h5-10,25H,1-4H3/b14-5+,17-10+,18-12+,24-11+. The highest BCUT2D eigenvalue weighted by atomic mass is 19.4. The van der Waals surface area contributed by atoms with Crippen molar-refractivity contribution in [2.45, 2.75) is 33.9 Å². The summed E-state index contributed by atoms with van der Waals surface area (Å²) in [6.07, 6.45) is -2.52. The molecular weight excluding hydrogens is 350 g/mol. The zero-order chi connectivity index (χ0) is 20.1. The van der Waals surface area contributed by atoms with Crippen LogP contribution in [0, 0.1) is 5.82 Å². The predicted octanol–water partition coefficient (Wildman–Crippen LogP) is 5.56. The molecule has 0 aromatic heterocycles. The molecule has 7 heteroatoms. The van der Waals surface area contributed by atoms with Crippen LogP contribution < -0.4 is 0 Å². The number of ketones is 1. The minimum absolute atomic E-state index is 0.139. The molecule has 0 bridgehead atoms. The molecule has 1 N–H and O–H groups in total. The number of benzene rings is 1. The van der Waals surface area contributed by atoms with Crippen LogP contribution in [0.1, 0.15) is 33.3 Å². The zero-order valence-corrected chi connectivity index (χ0v) is 14.8. The number of carbonyl (C=O) groups is 1. The number of aliphatic hydroxyl groups excluding tert-OH is 1. The minimum atomic E-state index is -4.76. The number of rotatable bonds is 5. The highest BCUT2D eigenvalue weighted by Gasteiger charge is 2.36. The third-order valence-electron chi connectivity index (χ3n) is 3.42. The van der Waals surface area contributed by atoms with E-state index in [1.54, 1.807) is 0 Å². The second-order valence-electron chi connectivity index (χ2n) is 5.50. The quantitative estimate of drug-likeness (QED) is 0.243. The van der Waals surface area contributed by atoms with Crippen molar-refractivity contribution in [3.63, 3.8) is 0 Å². The molecule has 0 heterocycles. The maximum atomic E-state index is 13.5. The maximum absolute atomic E-state index is 13.5. The number of halogens is 4. The summed E-state index contributed by atoms with van der Waals surface area (Å²) in [5.74, 6) is -1.72. The van der Waals surface area contributed by atoms with Crippen molar-refractivity contribution in [3.8, 4) is 0 Å². The van der Waals surface area contributed by atoms with E-state index in [2.05, 4.69) is 4.99 Å². The van der Waals surface area contributed by atoms with Crippen molar-refractivity contribution < 1.29 is 27.5 Å². The molecule has 1 aromatic carbocycles. The van der Waals surface area contributed by atoms with Gasteiger partial charge in [0, 0.05) is 6.92 Å². The Morgan fingerprint density at radius 3 is 2.23 bits per heavy atom. The van der Waals surface area contributed by atoms with Crippen LogP contribution in [0.15, 0.2) is 58.4 Å². The largest absolute Gasteiger partial charge is 0.510 e. The van der Waals surface area contributed by atoms with Gasteiger partial charge in [-0.1, -0.05) is 18.2 Å². The van der Waals surface area contributed by atoms with Gasteiger partial charge in [-0.3, -0.25) is 4.79 Å². The normalized spacial score (nSPS) is 15.0. The number of hydrogen-bond donors (Lipinski definition) is 1. The molecule has 0 amide bonds. The molecule has 0 radical (unpaired) electrons. The Labute approximate surface area is 149 Å². The van der Waals surface area contributed by atoms with Crippen LogP contribution in [0.25, 0.3) is 5.57 Å². The summed E-state index contributed by atoms with van der Waals surface area (Å²) in [6, 6.07) is 5.17. The van der Waals surface area contributed by atoms with E-state index >= 15 is 0 Å². The van der Waals surface area contributed by atoms with Crippen LogP contribution in [-0.2, 0) is 4.79 Å². The van der Waals surface area contributed by atoms with E-state index in [0.717, 1.165) is 32.9 Å². The summed E-state index contributed by atoms with van der Waals surface area (Å²) < 4.78 is 53.9. The molecule has 1 aromatic rings. The van der Waals surface area contributed by atoms with Crippen LogP contribution in [0.3, 0.4) is 0 Å². The number of aliphatic hydroxyl groups is 1. The molecule has 0 saturated carbocycles. The van der Waals surface area contributed by atoms with E-state index in [4.69, 9.17) is 0 Å².